The maximum absolute atomic E-state index is 13.3. The summed E-state index contributed by atoms with van der Waals surface area (Å²) in [6.45, 7) is 1.81. The van der Waals surface area contributed by atoms with Gasteiger partial charge in [0.05, 0.1) is 16.3 Å². The molecule has 1 aromatic heterocycles. The molecule has 204 valence electrons. The number of rotatable bonds is 9. The quantitative estimate of drug-likeness (QED) is 0.218. The summed E-state index contributed by atoms with van der Waals surface area (Å²) in [6.07, 6.45) is 4.18. The Hall–Kier alpha value is -5.16. The highest BCUT2D eigenvalue weighted by atomic mass is 32.2. The molecule has 0 saturated carbocycles. The number of carbonyl (C=O) groups excluding carboxylic acids is 2. The number of hydrogen-bond acceptors (Lipinski definition) is 5. The zero-order chi connectivity index (χ0) is 28.7. The first-order valence-corrected chi connectivity index (χ1v) is 13.5. The number of nitrogens with one attached hydrogen (secondary N) is 3. The van der Waals surface area contributed by atoms with Crippen LogP contribution in [0.2, 0.25) is 0 Å². The van der Waals surface area contributed by atoms with Crippen molar-refractivity contribution in [3.8, 4) is 11.1 Å². The van der Waals surface area contributed by atoms with Crippen molar-refractivity contribution in [1.82, 2.24) is 9.29 Å². The fourth-order valence-corrected chi connectivity index (χ4v) is 5.10. The Morgan fingerprint density at radius 3 is 2.25 bits per heavy atom. The summed E-state index contributed by atoms with van der Waals surface area (Å²) < 4.78 is 27.7. The van der Waals surface area contributed by atoms with E-state index in [0.29, 0.717) is 17.7 Å². The fraction of sp³-hybridized carbons (Fsp3) is 0.0690. The Morgan fingerprint density at radius 2 is 1.55 bits per heavy atom. The lowest BCUT2D eigenvalue weighted by Gasteiger charge is -2.10. The van der Waals surface area contributed by atoms with Crippen LogP contribution in [0.25, 0.3) is 17.2 Å². The van der Waals surface area contributed by atoms with E-state index in [-0.39, 0.29) is 22.2 Å². The van der Waals surface area contributed by atoms with Crippen LogP contribution in [0, 0.1) is 0 Å². The largest absolute Gasteiger partial charge is 0.465 e. The zero-order valence-electron chi connectivity index (χ0n) is 21.4. The van der Waals surface area contributed by atoms with Crippen molar-refractivity contribution in [3.05, 3.63) is 108 Å². The molecule has 4 aromatic rings. The van der Waals surface area contributed by atoms with E-state index < -0.39 is 22.0 Å². The summed E-state index contributed by atoms with van der Waals surface area (Å²) in [7, 11) is -3.92. The molecule has 4 N–H and O–H groups in total. The van der Waals surface area contributed by atoms with Crippen molar-refractivity contribution in [2.45, 2.75) is 18.4 Å². The molecule has 40 heavy (non-hydrogen) atoms. The molecule has 0 unspecified atom stereocenters. The lowest BCUT2D eigenvalue weighted by atomic mass is 10.0. The minimum atomic E-state index is -3.92. The molecule has 0 bridgehead atoms. The SMILES string of the molecule is CC(=O)NCc1cccc(-c2cccc(S(=O)(=O)n3ccc(/C=C/C(=O)Nc4ccccc4NC(=O)O)c3)c2)c1. The first kappa shape index (κ1) is 27.9. The van der Waals surface area contributed by atoms with E-state index in [0.717, 1.165) is 15.1 Å². The number of nitrogens with zero attached hydrogens (tertiary/aromatic N) is 1. The third-order valence-corrected chi connectivity index (χ3v) is 7.39. The van der Waals surface area contributed by atoms with Crippen LogP contribution in [0.5, 0.6) is 0 Å². The summed E-state index contributed by atoms with van der Waals surface area (Å²) in [6, 6.07) is 21.9. The maximum Gasteiger partial charge on any atom is 0.409 e. The van der Waals surface area contributed by atoms with Gasteiger partial charge in [0.1, 0.15) is 0 Å². The Balaban J connectivity index is 1.49. The normalized spacial score (nSPS) is 11.2. The summed E-state index contributed by atoms with van der Waals surface area (Å²) in [5, 5.41) is 16.5. The number of para-hydroxylation sites is 2. The van der Waals surface area contributed by atoms with Gasteiger partial charge in [-0.05, 0) is 64.7 Å². The van der Waals surface area contributed by atoms with Gasteiger partial charge in [-0.2, -0.15) is 0 Å². The number of anilines is 2. The van der Waals surface area contributed by atoms with Gasteiger partial charge in [-0.1, -0.05) is 42.5 Å². The van der Waals surface area contributed by atoms with Gasteiger partial charge in [-0.3, -0.25) is 14.9 Å². The van der Waals surface area contributed by atoms with Crippen LogP contribution >= 0.6 is 0 Å². The van der Waals surface area contributed by atoms with E-state index in [9.17, 15) is 22.8 Å². The standard InChI is InChI=1S/C29H26N4O6S/c1-20(34)30-18-22-6-4-7-23(16-22)24-8-5-9-25(17-24)40(38,39)33-15-14-21(19-33)12-13-28(35)31-26-10-2-3-11-27(26)32-29(36)37/h2-17,19,32H,18H2,1H3,(H,30,34)(H,31,35)(H,36,37)/b13-12+. The van der Waals surface area contributed by atoms with E-state index in [4.69, 9.17) is 5.11 Å². The molecule has 10 nitrogen and oxygen atoms in total. The van der Waals surface area contributed by atoms with Crippen molar-refractivity contribution in [1.29, 1.82) is 0 Å². The molecule has 4 rings (SSSR count). The maximum atomic E-state index is 13.3. The van der Waals surface area contributed by atoms with Crippen molar-refractivity contribution >= 4 is 45.4 Å². The van der Waals surface area contributed by atoms with Crippen LogP contribution in [-0.2, 0) is 26.2 Å². The summed E-state index contributed by atoms with van der Waals surface area (Å²) >= 11 is 0. The van der Waals surface area contributed by atoms with Crippen LogP contribution in [-0.4, -0.2) is 35.4 Å². The van der Waals surface area contributed by atoms with E-state index in [1.807, 2.05) is 30.3 Å². The molecule has 0 fully saturated rings. The number of amides is 3. The zero-order valence-corrected chi connectivity index (χ0v) is 22.2. The second kappa shape index (κ2) is 12.1. The monoisotopic (exact) mass is 558 g/mol. The predicted octanol–water partition coefficient (Wildman–Crippen LogP) is 4.77. The van der Waals surface area contributed by atoms with Crippen molar-refractivity contribution < 1.29 is 27.9 Å². The van der Waals surface area contributed by atoms with Gasteiger partial charge < -0.3 is 15.7 Å². The third-order valence-electron chi connectivity index (χ3n) is 5.76. The van der Waals surface area contributed by atoms with E-state index >= 15 is 0 Å². The van der Waals surface area contributed by atoms with Gasteiger partial charge in [0.15, 0.2) is 0 Å². The average Bonchev–Trinajstić information content (AvgIpc) is 3.42. The number of aromatic nitrogens is 1. The van der Waals surface area contributed by atoms with Gasteiger partial charge in [0.25, 0.3) is 10.0 Å². The molecule has 0 aliphatic carbocycles. The molecule has 3 aromatic carbocycles. The third kappa shape index (κ3) is 7.03. The fourth-order valence-electron chi connectivity index (χ4n) is 3.85. The Kier molecular flexibility index (Phi) is 8.45. The number of carbonyl (C=O) groups is 3. The van der Waals surface area contributed by atoms with E-state index in [2.05, 4.69) is 16.0 Å². The predicted molar refractivity (Wildman–Crippen MR) is 152 cm³/mol. The second-order valence-corrected chi connectivity index (χ2v) is 10.6. The Bertz CT molecular complexity index is 1710. The molecule has 0 atom stereocenters. The topological polar surface area (TPSA) is 147 Å². The first-order chi connectivity index (χ1) is 19.1. The number of carboxylic acid groups (broad SMARTS) is 1. The van der Waals surface area contributed by atoms with Crippen LogP contribution in [0.1, 0.15) is 18.1 Å². The highest BCUT2D eigenvalue weighted by Crippen LogP contribution is 2.25. The molecule has 0 aliphatic rings. The van der Waals surface area contributed by atoms with Crippen molar-refractivity contribution in [2.24, 2.45) is 0 Å². The van der Waals surface area contributed by atoms with Crippen LogP contribution in [0.3, 0.4) is 0 Å². The minimum Gasteiger partial charge on any atom is -0.465 e. The summed E-state index contributed by atoms with van der Waals surface area (Å²) in [5.74, 6) is -0.665. The molecule has 0 spiro atoms. The Morgan fingerprint density at radius 1 is 0.875 bits per heavy atom. The molecular weight excluding hydrogens is 532 g/mol. The van der Waals surface area contributed by atoms with Crippen LogP contribution < -0.4 is 16.0 Å². The first-order valence-electron chi connectivity index (χ1n) is 12.1. The van der Waals surface area contributed by atoms with Crippen molar-refractivity contribution in [3.63, 3.8) is 0 Å². The van der Waals surface area contributed by atoms with Crippen molar-refractivity contribution in [2.75, 3.05) is 10.6 Å². The smallest absolute Gasteiger partial charge is 0.409 e. The molecule has 0 aliphatic heterocycles. The highest BCUT2D eigenvalue weighted by molar-refractivity contribution is 7.90. The number of hydrogen-bond donors (Lipinski definition) is 4. The average molecular weight is 559 g/mol. The van der Waals surface area contributed by atoms with Gasteiger partial charge in [-0.25, -0.2) is 17.2 Å². The lowest BCUT2D eigenvalue weighted by Crippen LogP contribution is -2.18. The molecule has 11 heteroatoms. The van der Waals surface area contributed by atoms with Gasteiger partial charge in [0.2, 0.25) is 11.8 Å². The highest BCUT2D eigenvalue weighted by Gasteiger charge is 2.17. The van der Waals surface area contributed by atoms with Gasteiger partial charge >= 0.3 is 6.09 Å². The summed E-state index contributed by atoms with van der Waals surface area (Å²) in [4.78, 5) is 34.7. The van der Waals surface area contributed by atoms with E-state index in [1.54, 1.807) is 36.4 Å². The molecular formula is C29H26N4O6S. The number of benzene rings is 3. The Labute approximate surface area is 231 Å². The van der Waals surface area contributed by atoms with Crippen LogP contribution in [0.15, 0.2) is 102 Å². The molecule has 3 amide bonds. The van der Waals surface area contributed by atoms with Crippen LogP contribution in [0.4, 0.5) is 16.2 Å². The van der Waals surface area contributed by atoms with E-state index in [1.165, 1.54) is 43.6 Å². The summed E-state index contributed by atoms with van der Waals surface area (Å²) in [5.41, 5.74) is 3.36. The minimum absolute atomic E-state index is 0.0867. The molecule has 0 radical (unpaired) electrons. The van der Waals surface area contributed by atoms with Gasteiger partial charge in [0, 0.05) is 31.9 Å². The lowest BCUT2D eigenvalue weighted by molar-refractivity contribution is -0.119. The second-order valence-electron chi connectivity index (χ2n) is 8.72. The van der Waals surface area contributed by atoms with Gasteiger partial charge in [-0.15, -0.1) is 0 Å². The molecule has 1 heterocycles. The molecule has 0 saturated heterocycles.